The molecule has 0 spiro atoms. The van der Waals surface area contributed by atoms with Gasteiger partial charge in [-0.15, -0.1) is 0 Å². The van der Waals surface area contributed by atoms with Crippen LogP contribution in [0.25, 0.3) is 0 Å². The maximum atomic E-state index is 3.52. The van der Waals surface area contributed by atoms with E-state index in [1.165, 1.54) is 36.8 Å². The van der Waals surface area contributed by atoms with Crippen LogP contribution in [0.5, 0.6) is 0 Å². The van der Waals surface area contributed by atoms with Gasteiger partial charge in [-0.25, -0.2) is 0 Å². The molecule has 0 unspecified atom stereocenters. The van der Waals surface area contributed by atoms with Crippen molar-refractivity contribution in [2.45, 2.75) is 64.6 Å². The van der Waals surface area contributed by atoms with Crippen LogP contribution in [0.15, 0.2) is 24.3 Å². The van der Waals surface area contributed by atoms with Crippen molar-refractivity contribution >= 4 is 0 Å². The number of rotatable bonds is 7. The van der Waals surface area contributed by atoms with Gasteiger partial charge < -0.3 is 5.32 Å². The van der Waals surface area contributed by atoms with E-state index in [4.69, 9.17) is 0 Å². The van der Waals surface area contributed by atoms with Crippen molar-refractivity contribution in [2.75, 3.05) is 13.6 Å². The molecule has 0 aliphatic heterocycles. The normalized spacial score (nSPS) is 16.4. The lowest BCUT2D eigenvalue weighted by atomic mass is 10.0. The fourth-order valence-electron chi connectivity index (χ4n) is 3.19. The van der Waals surface area contributed by atoms with Gasteiger partial charge in [-0.05, 0) is 44.0 Å². The number of nitrogens with zero attached hydrogens (tertiary/aromatic N) is 1. The van der Waals surface area contributed by atoms with Crippen LogP contribution >= 0.6 is 0 Å². The third-order valence-corrected chi connectivity index (χ3v) is 4.43. The van der Waals surface area contributed by atoms with E-state index < -0.39 is 0 Å². The van der Waals surface area contributed by atoms with E-state index in [2.05, 4.69) is 55.4 Å². The molecule has 0 saturated heterocycles. The molecule has 0 atom stereocenters. The van der Waals surface area contributed by atoms with Crippen LogP contribution in [0.2, 0.25) is 0 Å². The number of hydrogen-bond donors (Lipinski definition) is 1. The summed E-state index contributed by atoms with van der Waals surface area (Å²) in [5.74, 6) is 0. The molecule has 0 bridgehead atoms. The summed E-state index contributed by atoms with van der Waals surface area (Å²) in [6.45, 7) is 6.59. The Morgan fingerprint density at radius 1 is 1.15 bits per heavy atom. The highest BCUT2D eigenvalue weighted by Crippen LogP contribution is 2.24. The summed E-state index contributed by atoms with van der Waals surface area (Å²) in [6, 6.07) is 10.3. The minimum absolute atomic E-state index is 0.573. The Labute approximate surface area is 124 Å². The predicted octanol–water partition coefficient (Wildman–Crippen LogP) is 3.60. The molecule has 112 valence electrons. The molecule has 1 aliphatic carbocycles. The van der Waals surface area contributed by atoms with E-state index >= 15 is 0 Å². The molecule has 1 aromatic carbocycles. The fraction of sp³-hybridized carbons (Fsp3) is 0.667. The van der Waals surface area contributed by atoms with Gasteiger partial charge in [0.1, 0.15) is 0 Å². The maximum Gasteiger partial charge on any atom is 0.0236 e. The molecule has 2 nitrogen and oxygen atoms in total. The van der Waals surface area contributed by atoms with E-state index in [1.54, 1.807) is 0 Å². The monoisotopic (exact) mass is 274 g/mol. The van der Waals surface area contributed by atoms with Gasteiger partial charge in [-0.3, -0.25) is 4.90 Å². The molecule has 0 amide bonds. The Morgan fingerprint density at radius 2 is 1.80 bits per heavy atom. The second-order valence-electron chi connectivity index (χ2n) is 6.48. The van der Waals surface area contributed by atoms with Crippen LogP contribution in [0.3, 0.4) is 0 Å². The van der Waals surface area contributed by atoms with Crippen LogP contribution < -0.4 is 5.32 Å². The molecule has 1 saturated carbocycles. The molecule has 0 radical (unpaired) electrons. The first-order valence-corrected chi connectivity index (χ1v) is 8.17. The highest BCUT2D eigenvalue weighted by molar-refractivity contribution is 5.27. The number of nitrogens with one attached hydrogen (secondary N) is 1. The summed E-state index contributed by atoms with van der Waals surface area (Å²) in [6.07, 6.45) is 6.72. The van der Waals surface area contributed by atoms with E-state index in [1.807, 2.05) is 0 Å². The molecule has 1 aromatic rings. The van der Waals surface area contributed by atoms with Crippen molar-refractivity contribution in [1.29, 1.82) is 0 Å². The van der Waals surface area contributed by atoms with E-state index in [9.17, 15) is 0 Å². The van der Waals surface area contributed by atoms with Gasteiger partial charge in [-0.2, -0.15) is 0 Å². The molecule has 1 aliphatic rings. The van der Waals surface area contributed by atoms with Gasteiger partial charge in [-0.1, -0.05) is 51.0 Å². The zero-order valence-electron chi connectivity index (χ0n) is 13.4. The fourth-order valence-corrected chi connectivity index (χ4v) is 3.19. The quantitative estimate of drug-likeness (QED) is 0.817. The van der Waals surface area contributed by atoms with Gasteiger partial charge in [0, 0.05) is 18.6 Å². The highest BCUT2D eigenvalue weighted by Gasteiger charge is 2.19. The summed E-state index contributed by atoms with van der Waals surface area (Å²) in [4.78, 5) is 2.56. The Hall–Kier alpha value is -0.860. The van der Waals surface area contributed by atoms with E-state index in [-0.39, 0.29) is 0 Å². The minimum atomic E-state index is 0.573. The number of benzene rings is 1. The van der Waals surface area contributed by atoms with Crippen molar-refractivity contribution in [1.82, 2.24) is 10.2 Å². The molecule has 0 aromatic heterocycles. The summed E-state index contributed by atoms with van der Waals surface area (Å²) < 4.78 is 0. The molecule has 0 heterocycles. The summed E-state index contributed by atoms with van der Waals surface area (Å²) >= 11 is 0. The summed E-state index contributed by atoms with van der Waals surface area (Å²) in [5, 5.41) is 3.52. The average Bonchev–Trinajstić information content (AvgIpc) is 2.94. The van der Waals surface area contributed by atoms with Crippen LogP contribution in [-0.2, 0) is 13.0 Å². The zero-order chi connectivity index (χ0) is 14.4. The third-order valence-electron chi connectivity index (χ3n) is 4.43. The van der Waals surface area contributed by atoms with Crippen molar-refractivity contribution in [3.05, 3.63) is 35.4 Å². The average molecular weight is 274 g/mol. The van der Waals surface area contributed by atoms with Crippen LogP contribution in [0, 0.1) is 0 Å². The Bertz CT molecular complexity index is 394. The zero-order valence-corrected chi connectivity index (χ0v) is 13.4. The molecular formula is C18H30N2. The molecule has 1 N–H and O–H groups in total. The van der Waals surface area contributed by atoms with Crippen molar-refractivity contribution < 1.29 is 0 Å². The summed E-state index contributed by atoms with van der Waals surface area (Å²) in [5.41, 5.74) is 3.01. The van der Waals surface area contributed by atoms with Gasteiger partial charge in [0.2, 0.25) is 0 Å². The van der Waals surface area contributed by atoms with Gasteiger partial charge >= 0.3 is 0 Å². The molecule has 2 heteroatoms. The van der Waals surface area contributed by atoms with Crippen molar-refractivity contribution in [2.24, 2.45) is 0 Å². The lowest BCUT2D eigenvalue weighted by Crippen LogP contribution is -2.29. The maximum absolute atomic E-state index is 3.52. The largest absolute Gasteiger partial charge is 0.314 e. The third kappa shape index (κ3) is 4.60. The van der Waals surface area contributed by atoms with Crippen LogP contribution in [0.1, 0.15) is 50.7 Å². The first-order chi connectivity index (χ1) is 9.66. The van der Waals surface area contributed by atoms with Gasteiger partial charge in [0.15, 0.2) is 0 Å². The second kappa shape index (κ2) is 7.80. The van der Waals surface area contributed by atoms with Crippen LogP contribution in [-0.4, -0.2) is 30.6 Å². The predicted molar refractivity (Wildman–Crippen MR) is 87.0 cm³/mol. The number of hydrogen-bond acceptors (Lipinski definition) is 2. The van der Waals surface area contributed by atoms with Crippen LogP contribution in [0.4, 0.5) is 0 Å². The highest BCUT2D eigenvalue weighted by atomic mass is 15.1. The molecule has 20 heavy (non-hydrogen) atoms. The van der Waals surface area contributed by atoms with Gasteiger partial charge in [0.05, 0.1) is 0 Å². The summed E-state index contributed by atoms with van der Waals surface area (Å²) in [7, 11) is 2.29. The van der Waals surface area contributed by atoms with E-state index in [0.29, 0.717) is 6.04 Å². The first-order valence-electron chi connectivity index (χ1n) is 8.17. The Kier molecular flexibility index (Phi) is 6.06. The SMILES string of the molecule is CC(C)NCCc1ccccc1CN(C)C1CCCC1. The standard InChI is InChI=1S/C18H30N2/c1-15(2)19-13-12-16-8-4-5-9-17(16)14-20(3)18-10-6-7-11-18/h4-5,8-9,15,18-19H,6-7,10-14H2,1-3H3. The molecule has 2 rings (SSSR count). The van der Waals surface area contributed by atoms with Crippen molar-refractivity contribution in [3.63, 3.8) is 0 Å². The molecular weight excluding hydrogens is 244 g/mol. The smallest absolute Gasteiger partial charge is 0.0236 e. The lowest BCUT2D eigenvalue weighted by Gasteiger charge is -2.25. The van der Waals surface area contributed by atoms with E-state index in [0.717, 1.165) is 25.6 Å². The topological polar surface area (TPSA) is 15.3 Å². The Morgan fingerprint density at radius 3 is 2.45 bits per heavy atom. The first kappa shape index (κ1) is 15.5. The minimum Gasteiger partial charge on any atom is -0.314 e. The van der Waals surface area contributed by atoms with Gasteiger partial charge in [0.25, 0.3) is 0 Å². The Balaban J connectivity index is 1.92. The lowest BCUT2D eigenvalue weighted by molar-refractivity contribution is 0.237. The van der Waals surface area contributed by atoms with Crippen molar-refractivity contribution in [3.8, 4) is 0 Å². The molecule has 1 fully saturated rings. The second-order valence-corrected chi connectivity index (χ2v) is 6.48.